The van der Waals surface area contributed by atoms with Crippen LogP contribution in [0.4, 0.5) is 0 Å². The van der Waals surface area contributed by atoms with Gasteiger partial charge in [-0.15, -0.1) is 12.6 Å². The average Bonchev–Trinajstić information content (AvgIpc) is 2.13. The lowest BCUT2D eigenvalue weighted by Gasteiger charge is -2.04. The smallest absolute Gasteiger partial charge is 0.147 e. The van der Waals surface area contributed by atoms with Crippen LogP contribution in [0.25, 0.3) is 0 Å². The minimum absolute atomic E-state index is 0.123. The molecule has 0 aliphatic heterocycles. The lowest BCUT2D eigenvalue weighted by molar-refractivity contribution is -0.115. The van der Waals surface area contributed by atoms with Crippen LogP contribution in [0.5, 0.6) is 0 Å². The van der Waals surface area contributed by atoms with Crippen molar-refractivity contribution in [3.05, 3.63) is 28.8 Å². The maximum atomic E-state index is 11.1. The summed E-state index contributed by atoms with van der Waals surface area (Å²) in [5.74, 6) is 0.123. The van der Waals surface area contributed by atoms with Crippen LogP contribution in [0.3, 0.4) is 0 Å². The number of benzene rings is 1. The second-order valence-electron chi connectivity index (χ2n) is 2.60. The fourth-order valence-corrected chi connectivity index (χ4v) is 1.58. The van der Waals surface area contributed by atoms with Crippen molar-refractivity contribution < 1.29 is 4.79 Å². The fourth-order valence-electron chi connectivity index (χ4n) is 0.962. The topological polar surface area (TPSA) is 17.1 Å². The molecule has 0 bridgehead atoms. The van der Waals surface area contributed by atoms with Crippen molar-refractivity contribution in [3.8, 4) is 0 Å². The summed E-state index contributed by atoms with van der Waals surface area (Å²) < 4.78 is 0. The monoisotopic (exact) mass is 278 g/mol. The van der Waals surface area contributed by atoms with Crippen LogP contribution >= 0.6 is 40.2 Å². The number of carbonyl (C=O) groups excluding carboxylic acids is 1. The van der Waals surface area contributed by atoms with E-state index in [-0.39, 0.29) is 5.78 Å². The lowest BCUT2D eigenvalue weighted by Crippen LogP contribution is -2.04. The molecule has 0 fully saturated rings. The van der Waals surface area contributed by atoms with Gasteiger partial charge in [0.25, 0.3) is 0 Å². The molecule has 0 unspecified atom stereocenters. The Morgan fingerprint density at radius 2 is 2.23 bits per heavy atom. The highest BCUT2D eigenvalue weighted by atomic mass is 79.9. The normalized spacial score (nSPS) is 10.1. The van der Waals surface area contributed by atoms with Crippen LogP contribution in [-0.2, 0) is 11.2 Å². The van der Waals surface area contributed by atoms with Crippen LogP contribution in [0, 0.1) is 0 Å². The number of halogens is 2. The van der Waals surface area contributed by atoms with Crippen molar-refractivity contribution in [2.24, 2.45) is 0 Å². The molecule has 70 valence electrons. The van der Waals surface area contributed by atoms with Crippen molar-refractivity contribution in [2.75, 3.05) is 5.33 Å². The number of carbonyl (C=O) groups is 1. The minimum atomic E-state index is 0.123. The van der Waals surface area contributed by atoms with Crippen LogP contribution < -0.4 is 0 Å². The van der Waals surface area contributed by atoms with Gasteiger partial charge >= 0.3 is 0 Å². The molecule has 4 heteroatoms. The first kappa shape index (κ1) is 11.1. The predicted molar refractivity (Wildman–Crippen MR) is 61.2 cm³/mol. The molecule has 0 saturated heterocycles. The highest BCUT2D eigenvalue weighted by Gasteiger charge is 2.06. The van der Waals surface area contributed by atoms with Gasteiger partial charge in [0.15, 0.2) is 0 Å². The van der Waals surface area contributed by atoms with Gasteiger partial charge < -0.3 is 0 Å². The Kier molecular flexibility index (Phi) is 4.29. The summed E-state index contributed by atoms with van der Waals surface area (Å²) in [5, 5.41) is 0.954. The molecule has 0 radical (unpaired) electrons. The quantitative estimate of drug-likeness (QED) is 0.664. The lowest BCUT2D eigenvalue weighted by atomic mass is 10.1. The van der Waals surface area contributed by atoms with Crippen molar-refractivity contribution in [1.82, 2.24) is 0 Å². The van der Waals surface area contributed by atoms with Gasteiger partial charge in [0.1, 0.15) is 5.78 Å². The summed E-state index contributed by atoms with van der Waals surface area (Å²) in [4.78, 5) is 11.8. The highest BCUT2D eigenvalue weighted by Crippen LogP contribution is 2.24. The zero-order valence-corrected chi connectivity index (χ0v) is 9.99. The van der Waals surface area contributed by atoms with Gasteiger partial charge in [0.2, 0.25) is 0 Å². The number of ketones is 1. The summed E-state index contributed by atoms with van der Waals surface area (Å²) in [6, 6.07) is 5.43. The van der Waals surface area contributed by atoms with Gasteiger partial charge in [-0.1, -0.05) is 39.7 Å². The molecule has 1 nitrogen and oxygen atoms in total. The summed E-state index contributed by atoms with van der Waals surface area (Å²) in [6.07, 6.45) is 0.380. The molecule has 0 spiro atoms. The van der Waals surface area contributed by atoms with E-state index in [4.69, 9.17) is 11.6 Å². The molecule has 0 heterocycles. The van der Waals surface area contributed by atoms with Crippen LogP contribution in [0.15, 0.2) is 23.1 Å². The first-order valence-corrected chi connectivity index (χ1v) is 5.64. The summed E-state index contributed by atoms with van der Waals surface area (Å²) >= 11 is 13.2. The Hall–Kier alpha value is 0.01000. The number of hydrogen-bond donors (Lipinski definition) is 1. The number of Topliss-reactive ketones (excluding diaryl/α,β-unsaturated/α-hetero) is 1. The highest BCUT2D eigenvalue weighted by molar-refractivity contribution is 9.09. The van der Waals surface area contributed by atoms with E-state index in [0.29, 0.717) is 21.7 Å². The Morgan fingerprint density at radius 3 is 2.85 bits per heavy atom. The fraction of sp³-hybridized carbons (Fsp3) is 0.222. The van der Waals surface area contributed by atoms with Gasteiger partial charge in [-0.3, -0.25) is 4.79 Å². The first-order valence-electron chi connectivity index (χ1n) is 3.69. The molecule has 0 atom stereocenters. The van der Waals surface area contributed by atoms with E-state index in [2.05, 4.69) is 28.6 Å². The molecule has 1 aromatic rings. The Labute approximate surface area is 96.0 Å². The SMILES string of the molecule is O=C(CBr)Cc1cccc(Cl)c1S. The molecule has 1 aromatic carbocycles. The summed E-state index contributed by atoms with van der Waals surface area (Å²) in [7, 11) is 0. The number of hydrogen-bond acceptors (Lipinski definition) is 2. The average molecular weight is 280 g/mol. The Morgan fingerprint density at radius 1 is 1.54 bits per heavy atom. The van der Waals surface area contributed by atoms with E-state index in [1.54, 1.807) is 6.07 Å². The number of thiol groups is 1. The zero-order chi connectivity index (χ0) is 9.84. The standard InChI is InChI=1S/C9H8BrClOS/c10-5-7(12)4-6-2-1-3-8(11)9(6)13/h1-3,13H,4-5H2. The van der Waals surface area contributed by atoms with Crippen molar-refractivity contribution in [1.29, 1.82) is 0 Å². The second-order valence-corrected chi connectivity index (χ2v) is 4.01. The molecule has 0 saturated carbocycles. The molecule has 1 rings (SSSR count). The molecule has 0 aromatic heterocycles. The van der Waals surface area contributed by atoms with Gasteiger partial charge in [-0.2, -0.15) is 0 Å². The third-order valence-corrected chi connectivity index (χ3v) is 3.21. The third-order valence-electron chi connectivity index (χ3n) is 1.61. The maximum absolute atomic E-state index is 11.1. The summed E-state index contributed by atoms with van der Waals surface area (Å²) in [6.45, 7) is 0. The van der Waals surface area contributed by atoms with E-state index in [9.17, 15) is 4.79 Å². The predicted octanol–water partition coefficient (Wildman–Crippen LogP) is 3.14. The molecule has 0 N–H and O–H groups in total. The molecule has 0 aliphatic rings. The van der Waals surface area contributed by atoms with Gasteiger partial charge in [-0.05, 0) is 11.6 Å². The first-order chi connectivity index (χ1) is 6.15. The maximum Gasteiger partial charge on any atom is 0.147 e. The van der Waals surface area contributed by atoms with Gasteiger partial charge in [-0.25, -0.2) is 0 Å². The third kappa shape index (κ3) is 3.01. The molecule has 0 aliphatic carbocycles. The molecular formula is C9H8BrClOS. The van der Waals surface area contributed by atoms with Gasteiger partial charge in [0, 0.05) is 11.3 Å². The minimum Gasteiger partial charge on any atom is -0.298 e. The number of rotatable bonds is 3. The van der Waals surface area contributed by atoms with Crippen LogP contribution in [0.2, 0.25) is 5.02 Å². The van der Waals surface area contributed by atoms with Crippen LogP contribution in [-0.4, -0.2) is 11.1 Å². The Bertz CT molecular complexity index is 327. The van der Waals surface area contributed by atoms with Crippen molar-refractivity contribution in [3.63, 3.8) is 0 Å². The molecular weight excluding hydrogens is 272 g/mol. The zero-order valence-electron chi connectivity index (χ0n) is 6.76. The van der Waals surface area contributed by atoms with Crippen molar-refractivity contribution in [2.45, 2.75) is 11.3 Å². The molecule has 0 amide bonds. The van der Waals surface area contributed by atoms with E-state index in [1.165, 1.54) is 0 Å². The van der Waals surface area contributed by atoms with Crippen molar-refractivity contribution >= 4 is 45.9 Å². The van der Waals surface area contributed by atoms with Crippen LogP contribution in [0.1, 0.15) is 5.56 Å². The van der Waals surface area contributed by atoms with E-state index in [0.717, 1.165) is 5.56 Å². The Balaban J connectivity index is 2.89. The van der Waals surface area contributed by atoms with Gasteiger partial charge in [0.05, 0.1) is 10.4 Å². The number of alkyl halides is 1. The second kappa shape index (κ2) is 5.03. The summed E-state index contributed by atoms with van der Waals surface area (Å²) in [5.41, 5.74) is 0.875. The van der Waals surface area contributed by atoms with E-state index < -0.39 is 0 Å². The van der Waals surface area contributed by atoms with E-state index >= 15 is 0 Å². The molecule has 13 heavy (non-hydrogen) atoms. The largest absolute Gasteiger partial charge is 0.298 e. The van der Waals surface area contributed by atoms with E-state index in [1.807, 2.05) is 12.1 Å².